The first-order valence-corrected chi connectivity index (χ1v) is 4.71. The van der Waals surface area contributed by atoms with E-state index >= 15 is 0 Å². The summed E-state index contributed by atoms with van der Waals surface area (Å²) in [5.74, 6) is 0.635. The van der Waals surface area contributed by atoms with Gasteiger partial charge in [0.2, 0.25) is 0 Å². The van der Waals surface area contributed by atoms with E-state index in [-0.39, 0.29) is 6.67 Å². The van der Waals surface area contributed by atoms with Crippen molar-refractivity contribution in [2.24, 2.45) is 0 Å². The number of hydrogen-bond acceptors (Lipinski definition) is 2. The van der Waals surface area contributed by atoms with Gasteiger partial charge in [0.05, 0.1) is 19.4 Å². The van der Waals surface area contributed by atoms with E-state index in [0.29, 0.717) is 18.8 Å². The number of benzene rings is 1. The molecule has 0 aromatic heterocycles. The van der Waals surface area contributed by atoms with Crippen molar-refractivity contribution in [3.63, 3.8) is 0 Å². The minimum Gasteiger partial charge on any atom is -0.493 e. The number of hydrogen-bond donors (Lipinski definition) is 1. The second-order valence-electron chi connectivity index (χ2n) is 3.10. The van der Waals surface area contributed by atoms with Gasteiger partial charge in [0.25, 0.3) is 0 Å². The van der Waals surface area contributed by atoms with Gasteiger partial charge in [-0.25, -0.2) is 0 Å². The molecule has 78 valence electrons. The van der Waals surface area contributed by atoms with Crippen LogP contribution in [0.1, 0.15) is 25.0 Å². The third-order valence-corrected chi connectivity index (χ3v) is 1.90. The van der Waals surface area contributed by atoms with Gasteiger partial charge < -0.3 is 9.84 Å². The Labute approximate surface area is 83.3 Å². The van der Waals surface area contributed by atoms with E-state index in [1.165, 1.54) is 0 Å². The van der Waals surface area contributed by atoms with E-state index < -0.39 is 6.10 Å². The van der Waals surface area contributed by atoms with Crippen molar-refractivity contribution >= 4 is 0 Å². The highest BCUT2D eigenvalue weighted by molar-refractivity contribution is 5.34. The Balaban J connectivity index is 2.64. The molecule has 0 aliphatic heterocycles. The van der Waals surface area contributed by atoms with E-state index in [0.717, 1.165) is 5.56 Å². The molecule has 14 heavy (non-hydrogen) atoms. The lowest BCUT2D eigenvalue weighted by Crippen LogP contribution is -2.02. The Morgan fingerprint density at radius 3 is 2.79 bits per heavy atom. The van der Waals surface area contributed by atoms with Crippen molar-refractivity contribution in [1.29, 1.82) is 0 Å². The molecule has 3 heteroatoms. The summed E-state index contributed by atoms with van der Waals surface area (Å²) in [6, 6.07) is 7.25. The zero-order chi connectivity index (χ0) is 10.4. The standard InChI is InChI=1S/C11H15FO2/c1-9(13)10-5-2-3-6-11(10)14-8-4-7-12/h2-3,5-6,9,13H,4,7-8H2,1H3. The average Bonchev–Trinajstić information content (AvgIpc) is 2.19. The number of aliphatic hydroxyl groups is 1. The molecule has 1 aromatic rings. The van der Waals surface area contributed by atoms with Gasteiger partial charge in [0, 0.05) is 12.0 Å². The van der Waals surface area contributed by atoms with Crippen molar-refractivity contribution in [2.45, 2.75) is 19.4 Å². The summed E-state index contributed by atoms with van der Waals surface area (Å²) in [5.41, 5.74) is 0.742. The summed E-state index contributed by atoms with van der Waals surface area (Å²) in [6.07, 6.45) is -0.176. The SMILES string of the molecule is CC(O)c1ccccc1OCCCF. The Hall–Kier alpha value is -1.09. The molecule has 0 aliphatic rings. The Bertz CT molecular complexity index is 274. The highest BCUT2D eigenvalue weighted by Gasteiger charge is 2.07. The fraction of sp³-hybridized carbons (Fsp3) is 0.455. The molecule has 0 heterocycles. The molecule has 0 aliphatic carbocycles. The third-order valence-electron chi connectivity index (χ3n) is 1.90. The van der Waals surface area contributed by atoms with Crippen molar-refractivity contribution < 1.29 is 14.2 Å². The zero-order valence-corrected chi connectivity index (χ0v) is 8.24. The average molecular weight is 198 g/mol. The summed E-state index contributed by atoms with van der Waals surface area (Å²) in [7, 11) is 0. The van der Waals surface area contributed by atoms with Crippen LogP contribution in [-0.4, -0.2) is 18.4 Å². The fourth-order valence-electron chi connectivity index (χ4n) is 1.19. The molecule has 1 atom stereocenters. The molecular weight excluding hydrogens is 183 g/mol. The lowest BCUT2D eigenvalue weighted by Gasteiger charge is -2.12. The molecular formula is C11H15FO2. The van der Waals surface area contributed by atoms with E-state index in [1.807, 2.05) is 12.1 Å². The number of aliphatic hydroxyl groups excluding tert-OH is 1. The van der Waals surface area contributed by atoms with Crippen LogP contribution in [0.3, 0.4) is 0 Å². The summed E-state index contributed by atoms with van der Waals surface area (Å²) < 4.78 is 17.2. The molecule has 0 fully saturated rings. The fourth-order valence-corrected chi connectivity index (χ4v) is 1.19. The van der Waals surface area contributed by atoms with Crippen molar-refractivity contribution in [3.05, 3.63) is 29.8 Å². The summed E-state index contributed by atoms with van der Waals surface area (Å²) in [6.45, 7) is 1.65. The normalized spacial score (nSPS) is 12.5. The van der Waals surface area contributed by atoms with Gasteiger partial charge in [0.1, 0.15) is 5.75 Å². The highest BCUT2D eigenvalue weighted by Crippen LogP contribution is 2.24. The van der Waals surface area contributed by atoms with Crippen LogP contribution in [0.4, 0.5) is 4.39 Å². The van der Waals surface area contributed by atoms with Gasteiger partial charge in [0.15, 0.2) is 0 Å². The highest BCUT2D eigenvalue weighted by atomic mass is 19.1. The van der Waals surface area contributed by atoms with Crippen LogP contribution in [0, 0.1) is 0 Å². The molecule has 1 N–H and O–H groups in total. The Kier molecular flexibility index (Phi) is 4.40. The first-order chi connectivity index (χ1) is 6.75. The molecule has 1 rings (SSSR count). The van der Waals surface area contributed by atoms with Gasteiger partial charge in [-0.05, 0) is 13.0 Å². The van der Waals surface area contributed by atoms with Crippen LogP contribution in [0.15, 0.2) is 24.3 Å². The first-order valence-electron chi connectivity index (χ1n) is 4.71. The third kappa shape index (κ3) is 3.00. The molecule has 0 amide bonds. The zero-order valence-electron chi connectivity index (χ0n) is 8.24. The minimum atomic E-state index is -0.559. The number of ether oxygens (including phenoxy) is 1. The summed E-state index contributed by atoms with van der Waals surface area (Å²) in [4.78, 5) is 0. The second kappa shape index (κ2) is 5.60. The van der Waals surface area contributed by atoms with Gasteiger partial charge >= 0.3 is 0 Å². The van der Waals surface area contributed by atoms with E-state index in [1.54, 1.807) is 19.1 Å². The molecule has 0 saturated heterocycles. The van der Waals surface area contributed by atoms with Gasteiger partial charge in [-0.15, -0.1) is 0 Å². The number of alkyl halides is 1. The van der Waals surface area contributed by atoms with Gasteiger partial charge in [-0.2, -0.15) is 0 Å². The molecule has 0 radical (unpaired) electrons. The Morgan fingerprint density at radius 2 is 2.14 bits per heavy atom. The largest absolute Gasteiger partial charge is 0.493 e. The van der Waals surface area contributed by atoms with Gasteiger partial charge in [-0.3, -0.25) is 4.39 Å². The monoisotopic (exact) mass is 198 g/mol. The number of halogens is 1. The maximum absolute atomic E-state index is 11.8. The van der Waals surface area contributed by atoms with Crippen LogP contribution in [0.2, 0.25) is 0 Å². The van der Waals surface area contributed by atoms with Crippen molar-refractivity contribution in [1.82, 2.24) is 0 Å². The van der Waals surface area contributed by atoms with Crippen molar-refractivity contribution in [3.8, 4) is 5.75 Å². The topological polar surface area (TPSA) is 29.5 Å². The minimum absolute atomic E-state index is 0.347. The van der Waals surface area contributed by atoms with Crippen LogP contribution in [-0.2, 0) is 0 Å². The molecule has 0 spiro atoms. The molecule has 2 nitrogen and oxygen atoms in total. The number of para-hydroxylation sites is 1. The molecule has 1 aromatic carbocycles. The second-order valence-corrected chi connectivity index (χ2v) is 3.10. The predicted octanol–water partition coefficient (Wildman–Crippen LogP) is 2.48. The van der Waals surface area contributed by atoms with Gasteiger partial charge in [-0.1, -0.05) is 18.2 Å². The smallest absolute Gasteiger partial charge is 0.125 e. The molecule has 0 saturated carbocycles. The predicted molar refractivity (Wildman–Crippen MR) is 53.2 cm³/mol. The summed E-state index contributed by atoms with van der Waals surface area (Å²) in [5, 5.41) is 9.41. The molecule has 1 unspecified atom stereocenters. The summed E-state index contributed by atoms with van der Waals surface area (Å²) >= 11 is 0. The Morgan fingerprint density at radius 1 is 1.43 bits per heavy atom. The van der Waals surface area contributed by atoms with Crippen molar-refractivity contribution in [2.75, 3.05) is 13.3 Å². The van der Waals surface area contributed by atoms with E-state index in [4.69, 9.17) is 4.74 Å². The molecule has 0 bridgehead atoms. The van der Waals surface area contributed by atoms with Crippen LogP contribution in [0.25, 0.3) is 0 Å². The van der Waals surface area contributed by atoms with Crippen LogP contribution in [0.5, 0.6) is 5.75 Å². The quantitative estimate of drug-likeness (QED) is 0.736. The van der Waals surface area contributed by atoms with Crippen LogP contribution < -0.4 is 4.74 Å². The van der Waals surface area contributed by atoms with E-state index in [9.17, 15) is 9.50 Å². The lowest BCUT2D eigenvalue weighted by atomic mass is 10.1. The first kappa shape index (κ1) is 11.0. The lowest BCUT2D eigenvalue weighted by molar-refractivity contribution is 0.190. The van der Waals surface area contributed by atoms with E-state index in [2.05, 4.69) is 0 Å². The number of rotatable bonds is 5. The maximum atomic E-state index is 11.8. The maximum Gasteiger partial charge on any atom is 0.125 e. The van der Waals surface area contributed by atoms with Crippen LogP contribution >= 0.6 is 0 Å².